The molecule has 0 aliphatic carbocycles. The Morgan fingerprint density at radius 1 is 1.06 bits per heavy atom. The summed E-state index contributed by atoms with van der Waals surface area (Å²) in [6.45, 7) is 1.86. The molecule has 4 aromatic rings. The zero-order valence-corrected chi connectivity index (χ0v) is 18.2. The summed E-state index contributed by atoms with van der Waals surface area (Å²) in [6, 6.07) is 18.4. The van der Waals surface area contributed by atoms with Crippen LogP contribution in [0, 0.1) is 5.82 Å². The molecule has 7 heteroatoms. The molecule has 0 bridgehead atoms. The first kappa shape index (κ1) is 20.6. The van der Waals surface area contributed by atoms with Gasteiger partial charge >= 0.3 is 0 Å². The number of rotatable bonds is 6. The van der Waals surface area contributed by atoms with E-state index in [1.807, 2.05) is 33.7 Å². The van der Waals surface area contributed by atoms with Crippen molar-refractivity contribution in [2.75, 3.05) is 12.3 Å². The van der Waals surface area contributed by atoms with E-state index < -0.39 is 0 Å². The number of thioether (sulfide) groups is 1. The van der Waals surface area contributed by atoms with Gasteiger partial charge in [-0.25, -0.2) is 9.37 Å². The van der Waals surface area contributed by atoms with Gasteiger partial charge in [0.2, 0.25) is 5.91 Å². The third-order valence-electron chi connectivity index (χ3n) is 5.66. The van der Waals surface area contributed by atoms with Crippen molar-refractivity contribution in [3.05, 3.63) is 95.8 Å². The summed E-state index contributed by atoms with van der Waals surface area (Å²) >= 11 is 1.42. The highest BCUT2D eigenvalue weighted by molar-refractivity contribution is 7.99. The second kappa shape index (κ2) is 9.04. The fourth-order valence-electron chi connectivity index (χ4n) is 3.96. The smallest absolute Gasteiger partial charge is 0.233 e. The van der Waals surface area contributed by atoms with Crippen LogP contribution in [0.1, 0.15) is 16.9 Å². The number of fused-ring (bicyclic) bond motifs is 1. The van der Waals surface area contributed by atoms with E-state index in [-0.39, 0.29) is 11.7 Å². The molecule has 0 N–H and O–H groups in total. The fraction of sp³-hybridized carbons (Fsp3) is 0.200. The maximum atomic E-state index is 13.4. The predicted octanol–water partition coefficient (Wildman–Crippen LogP) is 5.01. The molecule has 0 saturated heterocycles. The molecule has 5 rings (SSSR count). The molecule has 1 amide bonds. The molecule has 1 aliphatic rings. The predicted molar refractivity (Wildman–Crippen MR) is 122 cm³/mol. The zero-order chi connectivity index (χ0) is 21.9. The standard InChI is InChI=1S/C25H22FN3O2S/c26-21-9-7-19(8-10-21)23-14-27-25(29(23)16-22-6-3-13-31-22)32-17-24(30)28-12-11-18-4-1-2-5-20(18)15-28/h1-10,13-14H,11-12,15-17H2. The van der Waals surface area contributed by atoms with Gasteiger partial charge in [-0.1, -0.05) is 36.0 Å². The summed E-state index contributed by atoms with van der Waals surface area (Å²) in [5.41, 5.74) is 4.25. The van der Waals surface area contributed by atoms with Crippen LogP contribution in [-0.4, -0.2) is 32.7 Å². The van der Waals surface area contributed by atoms with Gasteiger partial charge in [0.25, 0.3) is 0 Å². The molecule has 2 aromatic carbocycles. The lowest BCUT2D eigenvalue weighted by atomic mass is 10.00. The van der Waals surface area contributed by atoms with Crippen LogP contribution in [0.25, 0.3) is 11.3 Å². The van der Waals surface area contributed by atoms with Crippen molar-refractivity contribution in [1.82, 2.24) is 14.5 Å². The van der Waals surface area contributed by atoms with Gasteiger partial charge in [0.05, 0.1) is 30.5 Å². The number of hydrogen-bond donors (Lipinski definition) is 0. The van der Waals surface area contributed by atoms with Crippen LogP contribution in [0.4, 0.5) is 4.39 Å². The second-order valence-electron chi connectivity index (χ2n) is 7.72. The van der Waals surface area contributed by atoms with Crippen LogP contribution in [0.3, 0.4) is 0 Å². The maximum absolute atomic E-state index is 13.4. The van der Waals surface area contributed by atoms with Gasteiger partial charge in [-0.15, -0.1) is 0 Å². The largest absolute Gasteiger partial charge is 0.467 e. The number of imidazole rings is 1. The number of carbonyl (C=O) groups is 1. The van der Waals surface area contributed by atoms with Crippen LogP contribution in [0.5, 0.6) is 0 Å². The number of nitrogens with zero attached hydrogens (tertiary/aromatic N) is 3. The lowest BCUT2D eigenvalue weighted by Crippen LogP contribution is -2.37. The van der Waals surface area contributed by atoms with Crippen LogP contribution in [-0.2, 0) is 24.3 Å². The highest BCUT2D eigenvalue weighted by Crippen LogP contribution is 2.28. The lowest BCUT2D eigenvalue weighted by Gasteiger charge is -2.28. The van der Waals surface area contributed by atoms with Gasteiger partial charge < -0.3 is 13.9 Å². The molecule has 0 atom stereocenters. The Morgan fingerprint density at radius 3 is 2.66 bits per heavy atom. The average Bonchev–Trinajstić information content (AvgIpc) is 3.48. The number of benzene rings is 2. The molecule has 162 valence electrons. The van der Waals surface area contributed by atoms with Crippen LogP contribution < -0.4 is 0 Å². The Morgan fingerprint density at radius 2 is 1.88 bits per heavy atom. The fourth-order valence-corrected chi connectivity index (χ4v) is 4.84. The van der Waals surface area contributed by atoms with Gasteiger partial charge in [-0.2, -0.15) is 0 Å². The van der Waals surface area contributed by atoms with Crippen molar-refractivity contribution >= 4 is 17.7 Å². The van der Waals surface area contributed by atoms with Gasteiger partial charge in [0.15, 0.2) is 5.16 Å². The topological polar surface area (TPSA) is 51.3 Å². The van der Waals surface area contributed by atoms with Crippen molar-refractivity contribution < 1.29 is 13.6 Å². The number of hydrogen-bond acceptors (Lipinski definition) is 4. The van der Waals surface area contributed by atoms with Gasteiger partial charge in [-0.05, 0) is 59.5 Å². The maximum Gasteiger partial charge on any atom is 0.233 e. The van der Waals surface area contributed by atoms with E-state index in [0.29, 0.717) is 18.8 Å². The third kappa shape index (κ3) is 4.34. The Labute approximate surface area is 189 Å². The van der Waals surface area contributed by atoms with Crippen molar-refractivity contribution in [2.45, 2.75) is 24.7 Å². The number of carbonyl (C=O) groups excluding carboxylic acids is 1. The summed E-state index contributed by atoms with van der Waals surface area (Å²) in [5.74, 6) is 0.905. The Kier molecular flexibility index (Phi) is 5.81. The van der Waals surface area contributed by atoms with E-state index in [2.05, 4.69) is 17.1 Å². The van der Waals surface area contributed by atoms with Gasteiger partial charge in [0, 0.05) is 13.1 Å². The first-order chi connectivity index (χ1) is 15.7. The number of amides is 1. The second-order valence-corrected chi connectivity index (χ2v) is 8.66. The van der Waals surface area contributed by atoms with Gasteiger partial charge in [0.1, 0.15) is 11.6 Å². The van der Waals surface area contributed by atoms with Crippen molar-refractivity contribution in [2.24, 2.45) is 0 Å². The molecule has 0 saturated carbocycles. The van der Waals surface area contributed by atoms with E-state index in [1.54, 1.807) is 24.6 Å². The monoisotopic (exact) mass is 447 g/mol. The van der Waals surface area contributed by atoms with Crippen molar-refractivity contribution in [3.8, 4) is 11.3 Å². The Hall–Kier alpha value is -3.32. The quantitative estimate of drug-likeness (QED) is 0.390. The normalized spacial score (nSPS) is 13.2. The number of aromatic nitrogens is 2. The zero-order valence-electron chi connectivity index (χ0n) is 17.4. The van der Waals surface area contributed by atoms with E-state index in [9.17, 15) is 9.18 Å². The summed E-state index contributed by atoms with van der Waals surface area (Å²) in [6.07, 6.45) is 4.28. The van der Waals surface area contributed by atoms with E-state index in [0.717, 1.165) is 35.1 Å². The Bertz CT molecular complexity index is 1220. The molecule has 2 aromatic heterocycles. The number of halogens is 1. The number of furan rings is 1. The van der Waals surface area contributed by atoms with Crippen LogP contribution in [0.2, 0.25) is 0 Å². The van der Waals surface area contributed by atoms with E-state index >= 15 is 0 Å². The molecule has 0 unspecified atom stereocenters. The van der Waals surface area contributed by atoms with Crippen molar-refractivity contribution in [1.29, 1.82) is 0 Å². The molecule has 3 heterocycles. The van der Waals surface area contributed by atoms with E-state index in [4.69, 9.17) is 4.42 Å². The van der Waals surface area contributed by atoms with Crippen LogP contribution >= 0.6 is 11.8 Å². The summed E-state index contributed by atoms with van der Waals surface area (Å²) in [7, 11) is 0. The highest BCUT2D eigenvalue weighted by Gasteiger charge is 2.22. The minimum absolute atomic E-state index is 0.0976. The molecule has 32 heavy (non-hydrogen) atoms. The molecule has 1 aliphatic heterocycles. The van der Waals surface area contributed by atoms with Crippen LogP contribution in [0.15, 0.2) is 82.7 Å². The Balaban J connectivity index is 1.34. The molecule has 0 spiro atoms. The third-order valence-corrected chi connectivity index (χ3v) is 6.64. The minimum atomic E-state index is -0.283. The summed E-state index contributed by atoms with van der Waals surface area (Å²) in [4.78, 5) is 19.4. The summed E-state index contributed by atoms with van der Waals surface area (Å²) in [5, 5.41) is 0.728. The lowest BCUT2D eigenvalue weighted by molar-refractivity contribution is -0.129. The van der Waals surface area contributed by atoms with Crippen molar-refractivity contribution in [3.63, 3.8) is 0 Å². The summed E-state index contributed by atoms with van der Waals surface area (Å²) < 4.78 is 21.0. The molecule has 0 radical (unpaired) electrons. The molecular weight excluding hydrogens is 425 g/mol. The molecule has 0 fully saturated rings. The molecular formula is C25H22FN3O2S. The average molecular weight is 448 g/mol. The SMILES string of the molecule is O=C(CSc1ncc(-c2ccc(F)cc2)n1Cc1ccco1)N1CCc2ccccc2C1. The first-order valence-corrected chi connectivity index (χ1v) is 11.5. The minimum Gasteiger partial charge on any atom is -0.467 e. The first-order valence-electron chi connectivity index (χ1n) is 10.5. The van der Waals surface area contributed by atoms with E-state index in [1.165, 1.54) is 35.0 Å². The highest BCUT2D eigenvalue weighted by atomic mass is 32.2. The molecule has 5 nitrogen and oxygen atoms in total. The van der Waals surface area contributed by atoms with Gasteiger partial charge in [-0.3, -0.25) is 4.79 Å².